The Bertz CT molecular complexity index is 1680. The van der Waals surface area contributed by atoms with Gasteiger partial charge in [-0.1, -0.05) is 82.9 Å². The molecule has 0 atom stereocenters. The minimum Gasteiger partial charge on any atom is -0.456 e. The molecule has 2 heterocycles. The second kappa shape index (κ2) is 11.1. The van der Waals surface area contributed by atoms with E-state index in [4.69, 9.17) is 10.2 Å². The zero-order valence-corrected chi connectivity index (χ0v) is 21.0. The minimum absolute atomic E-state index is 0.189. The lowest BCUT2D eigenvalue weighted by Crippen LogP contribution is -2.07. The lowest BCUT2D eigenvalue weighted by atomic mass is 10.0. The second-order valence-electron chi connectivity index (χ2n) is 9.86. The van der Waals surface area contributed by atoms with Crippen molar-refractivity contribution in [2.45, 2.75) is 77.6 Å². The van der Waals surface area contributed by atoms with E-state index in [0.29, 0.717) is 32.9 Å². The first-order chi connectivity index (χ1) is 18.1. The molecule has 0 radical (unpaired) electrons. The van der Waals surface area contributed by atoms with Crippen molar-refractivity contribution in [3.05, 3.63) is 80.6 Å². The summed E-state index contributed by atoms with van der Waals surface area (Å²) in [4.78, 5) is 26.8. The highest BCUT2D eigenvalue weighted by Crippen LogP contribution is 2.28. The average molecular weight is 484 g/mol. The van der Waals surface area contributed by atoms with E-state index in [1.807, 2.05) is 18.2 Å². The van der Waals surface area contributed by atoms with Gasteiger partial charge in [-0.2, -0.15) is 0 Å². The molecule has 0 saturated heterocycles. The number of unbranched alkanes of at least 4 members (excludes halogenated alkanes) is 9. The fourth-order valence-corrected chi connectivity index (χ4v) is 5.16. The van der Waals surface area contributed by atoms with E-state index in [1.54, 1.807) is 24.3 Å². The normalized spacial score (nSPS) is 12.2. The summed E-state index contributed by atoms with van der Waals surface area (Å²) in [6.07, 6.45) is 13.8. The maximum absolute atomic E-state index is 13.6. The monoisotopic (exact) mass is 483 g/mol. The fourth-order valence-electron chi connectivity index (χ4n) is 5.16. The molecule has 0 bridgehead atoms. The van der Waals surface area contributed by atoms with Crippen LogP contribution < -0.4 is 10.9 Å². The van der Waals surface area contributed by atoms with Gasteiger partial charge in [0.2, 0.25) is 10.9 Å². The van der Waals surface area contributed by atoms with E-state index in [1.165, 1.54) is 63.9 Å². The molecule has 5 rings (SSSR count). The Kier molecular flexibility index (Phi) is 7.11. The second-order valence-corrected chi connectivity index (χ2v) is 9.86. The van der Waals surface area contributed by atoms with Gasteiger partial charge in [-0.05, 0) is 54.8 Å². The Hall–Kier alpha value is -3.40. The summed E-state index contributed by atoms with van der Waals surface area (Å²) < 4.78 is 20.0. The first kappa shape index (κ1) is 23.0. The van der Waals surface area contributed by atoms with Gasteiger partial charge in [0.25, 0.3) is 0 Å². The summed E-state index contributed by atoms with van der Waals surface area (Å²) >= 11 is 0. The van der Waals surface area contributed by atoms with E-state index in [2.05, 4.69) is 6.92 Å². The van der Waals surface area contributed by atoms with Gasteiger partial charge in [-0.3, -0.25) is 9.59 Å². The number of rotatable bonds is 11. The van der Waals surface area contributed by atoms with Crippen LogP contribution in [0.2, 0.25) is 0 Å². The molecule has 4 heteroatoms. The van der Waals surface area contributed by atoms with Crippen LogP contribution in [0, 0.1) is 0 Å². The lowest BCUT2D eigenvalue weighted by Gasteiger charge is -2.07. The number of para-hydroxylation sites is 1. The molecule has 0 amide bonds. The summed E-state index contributed by atoms with van der Waals surface area (Å²) in [6.45, 7) is 2.25. The predicted molar refractivity (Wildman–Crippen MR) is 149 cm³/mol. The molecule has 0 N–H and O–H groups in total. The van der Waals surface area contributed by atoms with Gasteiger partial charge < -0.3 is 8.83 Å². The Morgan fingerprint density at radius 2 is 1.36 bits per heavy atom. The molecule has 0 spiro atoms. The molecule has 0 aliphatic carbocycles. The Morgan fingerprint density at radius 1 is 0.667 bits per heavy atom. The van der Waals surface area contributed by atoms with Crippen LogP contribution in [-0.2, 0) is 6.42 Å². The number of hydrogen-bond acceptors (Lipinski definition) is 4. The minimum atomic E-state index is -0.249. The van der Waals surface area contributed by atoms with Crippen molar-refractivity contribution in [2.24, 2.45) is 0 Å². The molecule has 4 nitrogen and oxygen atoms in total. The largest absolute Gasteiger partial charge is 0.456 e. The van der Waals surface area contributed by atoms with Gasteiger partial charge in [0, 0.05) is 0 Å². The van der Waals surface area contributed by atoms with Gasteiger partial charge >= 0.3 is 0 Å². The molecule has 0 aliphatic heterocycles. The zero-order chi connectivity index (χ0) is 25.8. The van der Waals surface area contributed by atoms with E-state index < -0.39 is 0 Å². The molecule has 0 unspecified atom stereocenters. The number of hydrogen-bond donors (Lipinski definition) is 0. The zero-order valence-electron chi connectivity index (χ0n) is 22.0. The van der Waals surface area contributed by atoms with Crippen LogP contribution in [0.3, 0.4) is 0 Å². The topological polar surface area (TPSA) is 60.4 Å². The van der Waals surface area contributed by atoms with Crippen LogP contribution in [0.25, 0.3) is 43.9 Å². The van der Waals surface area contributed by atoms with Gasteiger partial charge in [-0.15, -0.1) is 0 Å². The molecule has 3 aromatic carbocycles. The van der Waals surface area contributed by atoms with Gasteiger partial charge in [-0.25, -0.2) is 0 Å². The first-order valence-corrected chi connectivity index (χ1v) is 13.4. The van der Waals surface area contributed by atoms with Crippen molar-refractivity contribution < 1.29 is 10.2 Å². The molecule has 0 saturated carbocycles. The van der Waals surface area contributed by atoms with E-state index in [9.17, 15) is 9.59 Å². The molecule has 0 aliphatic rings. The molecule has 186 valence electrons. The van der Waals surface area contributed by atoms with Gasteiger partial charge in [0.05, 0.1) is 17.5 Å². The highest BCUT2D eigenvalue weighted by atomic mass is 16.3. The van der Waals surface area contributed by atoms with Crippen molar-refractivity contribution in [3.8, 4) is 0 Å². The van der Waals surface area contributed by atoms with Crippen molar-refractivity contribution in [1.29, 1.82) is 0 Å². The van der Waals surface area contributed by atoms with Crippen LogP contribution in [-0.4, -0.2) is 0 Å². The fraction of sp³-hybridized carbons (Fsp3) is 0.375. The maximum atomic E-state index is 13.6. The van der Waals surface area contributed by atoms with Gasteiger partial charge in [0.15, 0.2) is 5.58 Å². The summed E-state index contributed by atoms with van der Waals surface area (Å²) in [5, 5.41) is 1.45. The van der Waals surface area contributed by atoms with Crippen molar-refractivity contribution in [1.82, 2.24) is 0 Å². The maximum Gasteiger partial charge on any atom is 0.204 e. The third-order valence-corrected chi connectivity index (χ3v) is 7.20. The molecule has 2 aromatic heterocycles. The van der Waals surface area contributed by atoms with Gasteiger partial charge in [0.1, 0.15) is 22.1 Å². The van der Waals surface area contributed by atoms with E-state index in [0.717, 1.165) is 18.4 Å². The standard InChI is InChI=1S/C32H34O4/c1-2-3-4-5-6-7-8-9-10-11-14-22-17-19-27-25(21-22)31(34)29-28(35-27)20-18-24-30(33)23-15-12-13-16-26(23)36-32(24)29/h12-13,15-21H,2-11,14H2,1H3/i12D. The van der Waals surface area contributed by atoms with Crippen LogP contribution >= 0.6 is 0 Å². The number of benzene rings is 3. The summed E-state index contributed by atoms with van der Waals surface area (Å²) in [7, 11) is 0. The summed E-state index contributed by atoms with van der Waals surface area (Å²) in [5.74, 6) is 0. The van der Waals surface area contributed by atoms with Crippen LogP contribution in [0.4, 0.5) is 0 Å². The van der Waals surface area contributed by atoms with Crippen LogP contribution in [0.1, 0.15) is 78.1 Å². The van der Waals surface area contributed by atoms with Crippen LogP contribution in [0.15, 0.2) is 73.0 Å². The summed E-state index contributed by atoms with van der Waals surface area (Å²) in [5.41, 5.74) is 2.21. The third-order valence-electron chi connectivity index (χ3n) is 7.20. The van der Waals surface area contributed by atoms with Crippen molar-refractivity contribution in [3.63, 3.8) is 0 Å². The van der Waals surface area contributed by atoms with E-state index in [-0.39, 0.29) is 27.9 Å². The SMILES string of the molecule is [2H]c1ccc2oc3c(ccc4oc5ccc(CCCCCCCCCCCC)cc5c(=O)c43)c(=O)c2c1. The highest BCUT2D eigenvalue weighted by molar-refractivity contribution is 6.07. The number of aryl methyl sites for hydroxylation is 1. The Morgan fingerprint density at radius 3 is 2.14 bits per heavy atom. The summed E-state index contributed by atoms with van der Waals surface area (Å²) in [6, 6.07) is 14.0. The number of fused-ring (bicyclic) bond motifs is 5. The smallest absolute Gasteiger partial charge is 0.204 e. The molecular weight excluding hydrogens is 448 g/mol. The molecule has 36 heavy (non-hydrogen) atoms. The van der Waals surface area contributed by atoms with Crippen LogP contribution in [0.5, 0.6) is 0 Å². The quantitative estimate of drug-likeness (QED) is 0.107. The molecule has 5 aromatic rings. The molecule has 0 fully saturated rings. The van der Waals surface area contributed by atoms with Crippen molar-refractivity contribution in [2.75, 3.05) is 0 Å². The third kappa shape index (κ3) is 4.95. The Balaban J connectivity index is 1.37. The first-order valence-electron chi connectivity index (χ1n) is 13.9. The van der Waals surface area contributed by atoms with Crippen molar-refractivity contribution >= 4 is 43.9 Å². The highest BCUT2D eigenvalue weighted by Gasteiger charge is 2.16. The van der Waals surface area contributed by atoms with E-state index >= 15 is 0 Å². The predicted octanol–water partition coefficient (Wildman–Crippen LogP) is 8.67. The Labute approximate surface area is 212 Å². The average Bonchev–Trinajstić information content (AvgIpc) is 2.90. The molecular formula is C32H34O4. The lowest BCUT2D eigenvalue weighted by molar-refractivity contribution is 0.556.